The molecular weight excluding hydrogens is 674 g/mol. The van der Waals surface area contributed by atoms with Gasteiger partial charge < -0.3 is 20.6 Å². The summed E-state index contributed by atoms with van der Waals surface area (Å²) in [4.78, 5) is 34.8. The minimum absolute atomic E-state index is 0.0257. The van der Waals surface area contributed by atoms with Crippen molar-refractivity contribution in [1.29, 1.82) is 0 Å². The Labute approximate surface area is 294 Å². The van der Waals surface area contributed by atoms with Crippen molar-refractivity contribution in [2.45, 2.75) is 39.0 Å². The van der Waals surface area contributed by atoms with Crippen molar-refractivity contribution >= 4 is 40.0 Å². The van der Waals surface area contributed by atoms with E-state index in [4.69, 9.17) is 0 Å². The van der Waals surface area contributed by atoms with Gasteiger partial charge in [-0.2, -0.15) is 0 Å². The number of phenolic OH excluding ortho intramolecular Hbond substituents is 3. The first-order valence-corrected chi connectivity index (χ1v) is 16.0. The first-order valence-electron chi connectivity index (χ1n) is 16.0. The van der Waals surface area contributed by atoms with Gasteiger partial charge in [0.1, 0.15) is 28.5 Å². The maximum absolute atomic E-state index is 13.3. The molecular formula is C35H31N9O8. The van der Waals surface area contributed by atoms with Gasteiger partial charge >= 0.3 is 0 Å². The summed E-state index contributed by atoms with van der Waals surface area (Å²) in [5.74, 6) is -0.636. The highest BCUT2D eigenvalue weighted by molar-refractivity contribution is 6.08. The van der Waals surface area contributed by atoms with Gasteiger partial charge in [0.2, 0.25) is 5.65 Å². The van der Waals surface area contributed by atoms with Crippen molar-refractivity contribution in [2.75, 3.05) is 5.32 Å². The average molecular weight is 706 g/mol. The second-order valence-corrected chi connectivity index (χ2v) is 11.9. The predicted octanol–water partition coefficient (Wildman–Crippen LogP) is 6.93. The molecule has 0 radical (unpaired) electrons. The minimum atomic E-state index is -0.809. The van der Waals surface area contributed by atoms with Gasteiger partial charge in [0, 0.05) is 24.2 Å². The minimum Gasteiger partial charge on any atom is -0.508 e. The third kappa shape index (κ3) is 7.67. The summed E-state index contributed by atoms with van der Waals surface area (Å²) in [7, 11) is 0. The molecule has 0 aliphatic heterocycles. The van der Waals surface area contributed by atoms with Crippen LogP contribution in [-0.4, -0.2) is 50.9 Å². The van der Waals surface area contributed by atoms with Crippen LogP contribution in [0, 0.1) is 27.2 Å². The molecule has 0 bridgehead atoms. The number of azo groups is 1. The number of aromatic amines is 1. The lowest BCUT2D eigenvalue weighted by atomic mass is 10.0. The number of benzene rings is 4. The number of aromatic nitrogens is 4. The third-order valence-electron chi connectivity index (χ3n) is 8.34. The maximum atomic E-state index is 13.3. The molecule has 0 aliphatic rings. The van der Waals surface area contributed by atoms with Gasteiger partial charge in [-0.25, -0.2) is 4.52 Å². The molecule has 17 nitrogen and oxygen atoms in total. The Bertz CT molecular complexity index is 2330. The third-order valence-corrected chi connectivity index (χ3v) is 8.34. The highest BCUT2D eigenvalue weighted by atomic mass is 16.6. The second-order valence-electron chi connectivity index (χ2n) is 11.9. The number of non-ortho nitro benzene ring substituents is 1. The van der Waals surface area contributed by atoms with E-state index in [1.165, 1.54) is 30.3 Å². The fourth-order valence-corrected chi connectivity index (χ4v) is 5.58. The van der Waals surface area contributed by atoms with E-state index < -0.39 is 27.2 Å². The molecule has 0 saturated heterocycles. The number of H-pyrrole nitrogens is 1. The van der Waals surface area contributed by atoms with Gasteiger partial charge in [0.25, 0.3) is 17.3 Å². The zero-order valence-corrected chi connectivity index (χ0v) is 27.6. The molecule has 6 rings (SSSR count). The molecule has 0 spiro atoms. The van der Waals surface area contributed by atoms with Crippen molar-refractivity contribution in [1.82, 2.24) is 19.8 Å². The Morgan fingerprint density at radius 3 is 2.25 bits per heavy atom. The van der Waals surface area contributed by atoms with Crippen LogP contribution >= 0.6 is 0 Å². The van der Waals surface area contributed by atoms with Crippen molar-refractivity contribution in [2.24, 2.45) is 10.2 Å². The number of carbonyl (C=O) groups excluding carboxylic acids is 1. The Morgan fingerprint density at radius 1 is 0.827 bits per heavy atom. The van der Waals surface area contributed by atoms with Crippen LogP contribution in [0.3, 0.4) is 0 Å². The number of amides is 1. The average Bonchev–Trinajstić information content (AvgIpc) is 3.66. The van der Waals surface area contributed by atoms with Crippen molar-refractivity contribution in [3.8, 4) is 17.2 Å². The number of aromatic hydroxyl groups is 3. The SMILES string of the molecule is Cc1[nH]n2c(CCCc3ccc([N+](=O)[O-])cc3)nnc2c1N=Nc1cc(C(=O)Nc2ccc(CCc3cc(O)ccc3O)cc2)c([N+](=O)[O-])cc1O. The van der Waals surface area contributed by atoms with E-state index in [0.29, 0.717) is 66.2 Å². The maximum Gasteiger partial charge on any atom is 0.286 e. The monoisotopic (exact) mass is 705 g/mol. The topological polar surface area (TPSA) is 247 Å². The summed E-state index contributed by atoms with van der Waals surface area (Å²) in [5.41, 5.74) is 2.85. The highest BCUT2D eigenvalue weighted by Crippen LogP contribution is 2.36. The number of carbonyl (C=O) groups is 1. The molecule has 0 atom stereocenters. The number of phenols is 3. The van der Waals surface area contributed by atoms with E-state index in [-0.39, 0.29) is 28.4 Å². The van der Waals surface area contributed by atoms with E-state index in [1.807, 2.05) is 0 Å². The number of hydrogen-bond donors (Lipinski definition) is 5. The lowest BCUT2D eigenvalue weighted by molar-refractivity contribution is -0.385. The van der Waals surface area contributed by atoms with Crippen LogP contribution < -0.4 is 5.32 Å². The number of nitro groups is 2. The lowest BCUT2D eigenvalue weighted by Gasteiger charge is -2.09. The Morgan fingerprint density at radius 2 is 1.54 bits per heavy atom. The largest absolute Gasteiger partial charge is 0.508 e. The fraction of sp³-hybridized carbons (Fsp3) is 0.171. The fourth-order valence-electron chi connectivity index (χ4n) is 5.58. The number of hydrogen-bond acceptors (Lipinski definition) is 12. The quantitative estimate of drug-likeness (QED) is 0.0359. The van der Waals surface area contributed by atoms with Crippen LogP contribution in [0.5, 0.6) is 17.2 Å². The highest BCUT2D eigenvalue weighted by Gasteiger charge is 2.24. The molecule has 4 aromatic carbocycles. The summed E-state index contributed by atoms with van der Waals surface area (Å²) < 4.78 is 1.65. The number of anilines is 1. The molecule has 6 aromatic rings. The second kappa shape index (κ2) is 14.8. The Balaban J connectivity index is 1.15. The number of fused-ring (bicyclic) bond motifs is 1. The van der Waals surface area contributed by atoms with E-state index in [0.717, 1.165) is 23.3 Å². The number of aryl methyl sites for hydroxylation is 5. The molecule has 1 amide bonds. The van der Waals surface area contributed by atoms with E-state index in [9.17, 15) is 40.3 Å². The number of rotatable bonds is 13. The zero-order chi connectivity index (χ0) is 36.9. The van der Waals surface area contributed by atoms with Gasteiger partial charge in [-0.15, -0.1) is 20.4 Å². The molecule has 0 aliphatic carbocycles. The van der Waals surface area contributed by atoms with Gasteiger partial charge in [-0.1, -0.05) is 24.3 Å². The molecule has 0 unspecified atom stereocenters. The van der Waals surface area contributed by atoms with E-state index in [1.54, 1.807) is 47.8 Å². The lowest BCUT2D eigenvalue weighted by Crippen LogP contribution is -2.14. The first kappa shape index (κ1) is 34.7. The van der Waals surface area contributed by atoms with Crippen molar-refractivity contribution in [3.05, 3.63) is 133 Å². The molecule has 5 N–H and O–H groups in total. The number of nitro benzene ring substituents is 2. The van der Waals surface area contributed by atoms with Gasteiger partial charge in [0.05, 0.1) is 21.6 Å². The van der Waals surface area contributed by atoms with Crippen LogP contribution in [0.25, 0.3) is 5.65 Å². The summed E-state index contributed by atoms with van der Waals surface area (Å²) in [5, 5.41) is 75.6. The van der Waals surface area contributed by atoms with Crippen LogP contribution in [0.1, 0.15) is 45.0 Å². The number of nitrogens with zero attached hydrogens (tertiary/aromatic N) is 7. The molecule has 0 fully saturated rings. The molecule has 0 saturated carbocycles. The Kier molecular flexibility index (Phi) is 9.84. The standard InChI is InChI=1S/C35H31N9O8/c1-20-33(34-40-38-32(42(34)41-20)4-2-3-21-8-13-25(14-9-21)43(49)50)39-37-28-18-27(29(44(51)52)19-31(28)47)35(48)36-24-11-6-22(7-12-24)5-10-23-17-26(45)15-16-30(23)46/h6-9,11-19,41,45-47H,2-5,10H2,1H3,(H,36,48). The van der Waals surface area contributed by atoms with Crippen LogP contribution in [0.15, 0.2) is 89.1 Å². The van der Waals surface area contributed by atoms with Gasteiger partial charge in [0.15, 0.2) is 11.5 Å². The van der Waals surface area contributed by atoms with Crippen molar-refractivity contribution < 1.29 is 30.0 Å². The van der Waals surface area contributed by atoms with Crippen LogP contribution in [-0.2, 0) is 25.7 Å². The van der Waals surface area contributed by atoms with Gasteiger partial charge in [-0.05, 0) is 85.7 Å². The number of nitrogens with one attached hydrogen (secondary N) is 2. The van der Waals surface area contributed by atoms with E-state index in [2.05, 4.69) is 30.8 Å². The van der Waals surface area contributed by atoms with Crippen LogP contribution in [0.2, 0.25) is 0 Å². The summed E-state index contributed by atoms with van der Waals surface area (Å²) in [6.45, 7) is 1.74. The summed E-state index contributed by atoms with van der Waals surface area (Å²) in [6.07, 6.45) is 2.87. The molecule has 264 valence electrons. The van der Waals surface area contributed by atoms with Crippen molar-refractivity contribution in [3.63, 3.8) is 0 Å². The molecule has 17 heteroatoms. The smallest absolute Gasteiger partial charge is 0.286 e. The molecule has 52 heavy (non-hydrogen) atoms. The summed E-state index contributed by atoms with van der Waals surface area (Å²) in [6, 6.07) is 19.4. The summed E-state index contributed by atoms with van der Waals surface area (Å²) >= 11 is 0. The Hall–Kier alpha value is -7.17. The molecule has 2 aromatic heterocycles. The predicted molar refractivity (Wildman–Crippen MR) is 188 cm³/mol. The van der Waals surface area contributed by atoms with Crippen LogP contribution in [0.4, 0.5) is 28.4 Å². The zero-order valence-electron chi connectivity index (χ0n) is 27.6. The van der Waals surface area contributed by atoms with E-state index >= 15 is 0 Å². The molecule has 2 heterocycles. The van der Waals surface area contributed by atoms with Gasteiger partial charge in [-0.3, -0.25) is 30.1 Å². The normalized spacial score (nSPS) is 11.3. The first-order chi connectivity index (χ1) is 25.0.